The van der Waals surface area contributed by atoms with Gasteiger partial charge in [-0.05, 0) is 46.6 Å². The number of rotatable bonds is 5. The van der Waals surface area contributed by atoms with Crippen LogP contribution in [0.2, 0.25) is 0 Å². The van der Waals surface area contributed by atoms with E-state index in [1.165, 1.54) is 19.6 Å². The summed E-state index contributed by atoms with van der Waals surface area (Å²) >= 11 is 0. The monoisotopic (exact) mass is 330 g/mol. The number of methoxy groups -OCH3 is 1. The molecule has 0 aromatic heterocycles. The molecule has 0 aromatic rings. The van der Waals surface area contributed by atoms with Crippen molar-refractivity contribution in [2.24, 2.45) is 0 Å². The van der Waals surface area contributed by atoms with Crippen molar-refractivity contribution >= 4 is 5.78 Å². The van der Waals surface area contributed by atoms with Crippen molar-refractivity contribution in [1.29, 1.82) is 0 Å². The number of carbonyl (C=O) groups is 1. The lowest BCUT2D eigenvalue weighted by Gasteiger charge is -2.27. The Kier molecular flexibility index (Phi) is 5.37. The van der Waals surface area contributed by atoms with E-state index in [1.54, 1.807) is 6.08 Å². The third kappa shape index (κ3) is 3.99. The van der Waals surface area contributed by atoms with Gasteiger partial charge in [0.05, 0.1) is 7.11 Å². The number of carbonyl (C=O) groups excluding carboxylic acids is 1. The largest absolute Gasteiger partial charge is 0.507 e. The Labute approximate surface area is 143 Å². The minimum atomic E-state index is -0.466. The predicted molar refractivity (Wildman–Crippen MR) is 94.4 cm³/mol. The zero-order chi connectivity index (χ0) is 17.9. The first-order valence-corrected chi connectivity index (χ1v) is 8.19. The summed E-state index contributed by atoms with van der Waals surface area (Å²) in [7, 11) is 1.49. The van der Waals surface area contributed by atoms with Crippen molar-refractivity contribution in [2.45, 2.75) is 52.6 Å². The fourth-order valence-electron chi connectivity index (χ4n) is 2.91. The first kappa shape index (κ1) is 18.1. The summed E-state index contributed by atoms with van der Waals surface area (Å²) in [5.41, 5.74) is 1.68. The van der Waals surface area contributed by atoms with E-state index < -0.39 is 5.60 Å². The van der Waals surface area contributed by atoms with E-state index in [0.29, 0.717) is 23.5 Å². The van der Waals surface area contributed by atoms with Crippen LogP contribution in [0.25, 0.3) is 0 Å². The fraction of sp³-hybridized carbons (Fsp3) is 0.450. The minimum Gasteiger partial charge on any atom is -0.507 e. The second-order valence-corrected chi connectivity index (χ2v) is 6.73. The van der Waals surface area contributed by atoms with Crippen molar-refractivity contribution in [3.8, 4) is 0 Å². The zero-order valence-electron chi connectivity index (χ0n) is 15.1. The Morgan fingerprint density at radius 3 is 2.71 bits per heavy atom. The average Bonchev–Trinajstić information content (AvgIpc) is 2.72. The molecule has 0 fully saturated rings. The minimum absolute atomic E-state index is 0.0287. The third-order valence-electron chi connectivity index (χ3n) is 4.21. The Bertz CT molecular complexity index is 684. The number of aliphatic hydroxyl groups excluding tert-OH is 1. The van der Waals surface area contributed by atoms with E-state index in [-0.39, 0.29) is 17.1 Å². The average molecular weight is 330 g/mol. The van der Waals surface area contributed by atoms with E-state index in [9.17, 15) is 9.90 Å². The highest BCUT2D eigenvalue weighted by molar-refractivity contribution is 5.98. The van der Waals surface area contributed by atoms with E-state index in [0.717, 1.165) is 12.8 Å². The summed E-state index contributed by atoms with van der Waals surface area (Å²) in [6.07, 6.45) is 9.90. The first-order valence-electron chi connectivity index (χ1n) is 8.19. The molecule has 1 unspecified atom stereocenters. The van der Waals surface area contributed by atoms with E-state index in [1.807, 2.05) is 19.1 Å². The molecule has 0 saturated carbocycles. The van der Waals surface area contributed by atoms with Crippen LogP contribution in [-0.4, -0.2) is 23.6 Å². The summed E-state index contributed by atoms with van der Waals surface area (Å²) in [5, 5.41) is 10.5. The lowest BCUT2D eigenvalue weighted by molar-refractivity contribution is -0.113. The van der Waals surface area contributed by atoms with Crippen molar-refractivity contribution in [3.63, 3.8) is 0 Å². The Balaban J connectivity index is 2.42. The van der Waals surface area contributed by atoms with Gasteiger partial charge in [0, 0.05) is 18.1 Å². The Hall–Kier alpha value is -2.23. The van der Waals surface area contributed by atoms with Crippen LogP contribution in [0.15, 0.2) is 58.3 Å². The molecule has 0 spiro atoms. The van der Waals surface area contributed by atoms with Crippen LogP contribution in [-0.2, 0) is 14.3 Å². The maximum Gasteiger partial charge on any atom is 0.167 e. The molecule has 0 aromatic carbocycles. The quantitative estimate of drug-likeness (QED) is 0.744. The maximum absolute atomic E-state index is 11.9. The topological polar surface area (TPSA) is 55.8 Å². The van der Waals surface area contributed by atoms with E-state index >= 15 is 0 Å². The van der Waals surface area contributed by atoms with Gasteiger partial charge in [-0.3, -0.25) is 4.79 Å². The second-order valence-electron chi connectivity index (χ2n) is 6.73. The maximum atomic E-state index is 11.9. The molecule has 4 heteroatoms. The highest BCUT2D eigenvalue weighted by atomic mass is 16.5. The van der Waals surface area contributed by atoms with E-state index in [2.05, 4.69) is 19.9 Å². The number of hydrogen-bond donors (Lipinski definition) is 1. The predicted octanol–water partition coefficient (Wildman–Crippen LogP) is 4.67. The molecule has 4 nitrogen and oxygen atoms in total. The molecule has 0 radical (unpaired) electrons. The standard InChI is InChI=1S/C20H26O4/c1-13(2)7-6-9-20(4)10-8-15-11-16(24-20)12-17(23-5)18(14(3)21)19(15)22/h7-8,10,12,22H,6,9,11H2,1-5H3. The molecule has 2 aliphatic rings. The van der Waals surface area contributed by atoms with Crippen molar-refractivity contribution in [1.82, 2.24) is 0 Å². The van der Waals surface area contributed by atoms with Gasteiger partial charge in [-0.1, -0.05) is 17.7 Å². The van der Waals surface area contributed by atoms with E-state index in [4.69, 9.17) is 9.47 Å². The zero-order valence-corrected chi connectivity index (χ0v) is 15.1. The summed E-state index contributed by atoms with van der Waals surface area (Å²) in [6.45, 7) is 7.60. The van der Waals surface area contributed by atoms with Gasteiger partial charge >= 0.3 is 0 Å². The highest BCUT2D eigenvalue weighted by Gasteiger charge is 2.31. The lowest BCUT2D eigenvalue weighted by Crippen LogP contribution is -2.24. The molecule has 24 heavy (non-hydrogen) atoms. The Morgan fingerprint density at radius 2 is 2.12 bits per heavy atom. The SMILES string of the molecule is COC1=C(C(C)=O)C(O)=C2C=CC(C)(CCC=C(C)C)OC(=C1)C2. The molecule has 1 N–H and O–H groups in total. The van der Waals surface area contributed by atoms with Crippen LogP contribution in [0.5, 0.6) is 0 Å². The molecule has 130 valence electrons. The number of hydrogen-bond acceptors (Lipinski definition) is 4. The van der Waals surface area contributed by atoms with Gasteiger partial charge in [0.15, 0.2) is 5.78 Å². The molecule has 2 bridgehead atoms. The van der Waals surface area contributed by atoms with Crippen LogP contribution in [0.3, 0.4) is 0 Å². The van der Waals surface area contributed by atoms with Crippen molar-refractivity contribution in [2.75, 3.05) is 7.11 Å². The summed E-state index contributed by atoms with van der Waals surface area (Å²) in [6, 6.07) is 0. The molecular weight excluding hydrogens is 304 g/mol. The van der Waals surface area contributed by atoms with Gasteiger partial charge in [0.2, 0.25) is 0 Å². The smallest absolute Gasteiger partial charge is 0.167 e. The second kappa shape index (κ2) is 7.12. The van der Waals surface area contributed by atoms with Gasteiger partial charge in [-0.15, -0.1) is 0 Å². The Morgan fingerprint density at radius 1 is 1.42 bits per heavy atom. The lowest BCUT2D eigenvalue weighted by atomic mass is 9.97. The van der Waals surface area contributed by atoms with Gasteiger partial charge in [0.1, 0.15) is 28.5 Å². The van der Waals surface area contributed by atoms with Crippen molar-refractivity contribution < 1.29 is 19.4 Å². The molecule has 1 aliphatic carbocycles. The summed E-state index contributed by atoms with van der Waals surface area (Å²) < 4.78 is 11.5. The summed E-state index contributed by atoms with van der Waals surface area (Å²) in [4.78, 5) is 11.9. The fourth-order valence-corrected chi connectivity index (χ4v) is 2.91. The van der Waals surface area contributed by atoms with Gasteiger partial charge in [-0.25, -0.2) is 0 Å². The molecule has 1 atom stereocenters. The molecule has 0 amide bonds. The van der Waals surface area contributed by atoms with Gasteiger partial charge < -0.3 is 14.6 Å². The number of ketones is 1. The van der Waals surface area contributed by atoms with Crippen LogP contribution >= 0.6 is 0 Å². The molecule has 1 heterocycles. The number of aliphatic hydroxyl groups is 1. The van der Waals surface area contributed by atoms with Crippen LogP contribution < -0.4 is 0 Å². The van der Waals surface area contributed by atoms with Crippen LogP contribution in [0.4, 0.5) is 0 Å². The number of Topliss-reactive ketones (excluding diaryl/α,β-unsaturated/α-hetero) is 1. The van der Waals surface area contributed by atoms with Crippen LogP contribution in [0.1, 0.15) is 47.0 Å². The van der Waals surface area contributed by atoms with Gasteiger partial charge in [-0.2, -0.15) is 0 Å². The van der Waals surface area contributed by atoms with Crippen molar-refractivity contribution in [3.05, 3.63) is 58.3 Å². The first-order chi connectivity index (χ1) is 11.3. The molecular formula is C20H26O4. The third-order valence-corrected chi connectivity index (χ3v) is 4.21. The molecule has 0 saturated heterocycles. The number of allylic oxidation sites excluding steroid dienone is 6. The molecule has 2 rings (SSSR count). The van der Waals surface area contributed by atoms with Gasteiger partial charge in [0.25, 0.3) is 0 Å². The molecule has 1 aliphatic heterocycles. The van der Waals surface area contributed by atoms with Crippen LogP contribution in [0, 0.1) is 0 Å². The highest BCUT2D eigenvalue weighted by Crippen LogP contribution is 2.36. The number of ether oxygens (including phenoxy) is 2. The number of fused-ring (bicyclic) bond motifs is 2. The normalized spacial score (nSPS) is 23.1. The summed E-state index contributed by atoms with van der Waals surface area (Å²) in [5.74, 6) is 0.764.